The summed E-state index contributed by atoms with van der Waals surface area (Å²) >= 11 is 0. The Morgan fingerprint density at radius 1 is 1.37 bits per heavy atom. The van der Waals surface area contributed by atoms with Crippen LogP contribution in [0.25, 0.3) is 0 Å². The predicted octanol–water partition coefficient (Wildman–Crippen LogP) is 0.239. The van der Waals surface area contributed by atoms with Crippen LogP contribution in [0.5, 0.6) is 0 Å². The predicted molar refractivity (Wildman–Crippen MR) is 62.3 cm³/mol. The first-order valence-electron chi connectivity index (χ1n) is 6.22. The zero-order chi connectivity index (χ0) is 13.8. The van der Waals surface area contributed by atoms with Gasteiger partial charge in [0.15, 0.2) is 0 Å². The molecule has 1 saturated carbocycles. The van der Waals surface area contributed by atoms with E-state index in [0.29, 0.717) is 13.0 Å². The van der Waals surface area contributed by atoms with Gasteiger partial charge in [0.05, 0.1) is 0 Å². The van der Waals surface area contributed by atoms with E-state index in [0.717, 1.165) is 0 Å². The van der Waals surface area contributed by atoms with Gasteiger partial charge >= 0.3 is 64.5 Å². The molecule has 1 amide bonds. The molecule has 1 heterocycles. The van der Waals surface area contributed by atoms with Crippen molar-refractivity contribution in [3.05, 3.63) is 0 Å². The second kappa shape index (κ2) is 5.51. The molecule has 8 heteroatoms. The van der Waals surface area contributed by atoms with Crippen LogP contribution >= 0.6 is 0 Å². The Kier molecular flexibility index (Phi) is 5.17. The molecule has 104 valence electrons. The van der Waals surface area contributed by atoms with Crippen LogP contribution in [-0.2, 0) is 4.74 Å². The number of likely N-dealkylation sites (tertiary alicyclic amines) is 1. The van der Waals surface area contributed by atoms with Crippen molar-refractivity contribution in [2.24, 2.45) is 5.92 Å². The zero-order valence-electron chi connectivity index (χ0n) is 11.9. The van der Waals surface area contributed by atoms with E-state index in [2.05, 4.69) is 0 Å². The summed E-state index contributed by atoms with van der Waals surface area (Å²) < 4.78 is 44.2. The number of halogens is 3. The number of nitrogens with zero attached hydrogens (tertiary/aromatic N) is 1. The number of hydrogen-bond acceptors (Lipinski definition) is 2. The van der Waals surface area contributed by atoms with Gasteiger partial charge in [0.1, 0.15) is 5.60 Å². The maximum Gasteiger partial charge on any atom is 1.00 e. The van der Waals surface area contributed by atoms with Crippen LogP contribution in [0.2, 0.25) is 5.31 Å². The Balaban J connectivity index is 0.00000180. The van der Waals surface area contributed by atoms with Crippen LogP contribution in [0.4, 0.5) is 17.7 Å². The normalized spacial score (nSPS) is 30.2. The number of fused-ring (bicyclic) bond motifs is 1. The van der Waals surface area contributed by atoms with Crippen LogP contribution in [-0.4, -0.2) is 36.7 Å². The molecule has 0 radical (unpaired) electrons. The SMILES string of the molecule is CC(C)(C)OC(=O)N1CC[C@@H]2C[C@]2([B-](F)(F)F)C1.[K+]. The minimum atomic E-state index is -4.89. The number of carbonyl (C=O) groups excluding carboxylic acids is 1. The van der Waals surface area contributed by atoms with Crippen LogP contribution in [0, 0.1) is 5.92 Å². The minimum Gasteiger partial charge on any atom is -0.448 e. The van der Waals surface area contributed by atoms with Crippen molar-refractivity contribution < 1.29 is 73.9 Å². The Morgan fingerprint density at radius 3 is 2.42 bits per heavy atom. The summed E-state index contributed by atoms with van der Waals surface area (Å²) in [5, 5.41) is -1.60. The van der Waals surface area contributed by atoms with E-state index in [-0.39, 0.29) is 70.3 Å². The number of ether oxygens (including phenoxy) is 1. The molecule has 0 unspecified atom stereocenters. The molecule has 2 rings (SSSR count). The fourth-order valence-corrected chi connectivity index (χ4v) is 2.72. The first-order valence-corrected chi connectivity index (χ1v) is 6.22. The average Bonchev–Trinajstić information content (AvgIpc) is 2.87. The summed E-state index contributed by atoms with van der Waals surface area (Å²) in [7, 11) is 0. The Bertz CT molecular complexity index is 372. The molecule has 1 aliphatic carbocycles. The van der Waals surface area contributed by atoms with Crippen molar-refractivity contribution in [1.82, 2.24) is 4.90 Å². The van der Waals surface area contributed by atoms with E-state index in [1.807, 2.05) is 0 Å². The number of hydrogen-bond donors (Lipinski definition) is 0. The molecule has 19 heavy (non-hydrogen) atoms. The van der Waals surface area contributed by atoms with Gasteiger partial charge in [-0.1, -0.05) is 12.3 Å². The second-order valence-corrected chi connectivity index (χ2v) is 6.40. The summed E-state index contributed by atoms with van der Waals surface area (Å²) in [5.74, 6) is -0.281. The van der Waals surface area contributed by atoms with Gasteiger partial charge in [-0.3, -0.25) is 0 Å². The quantitative estimate of drug-likeness (QED) is 0.650. The molecular weight excluding hydrogens is 285 g/mol. The van der Waals surface area contributed by atoms with E-state index in [4.69, 9.17) is 4.74 Å². The molecule has 2 aliphatic rings. The maximum atomic E-state index is 13.0. The molecule has 1 saturated heterocycles. The first-order chi connectivity index (χ1) is 8.05. The maximum absolute atomic E-state index is 13.0. The molecule has 0 aromatic rings. The van der Waals surface area contributed by atoms with Gasteiger partial charge in [-0.05, 0) is 32.5 Å². The fourth-order valence-electron chi connectivity index (χ4n) is 2.72. The summed E-state index contributed by atoms with van der Waals surface area (Å²) in [6, 6.07) is 0. The molecule has 2 fully saturated rings. The Morgan fingerprint density at radius 2 is 1.95 bits per heavy atom. The van der Waals surface area contributed by atoms with Gasteiger partial charge < -0.3 is 22.6 Å². The molecule has 3 nitrogen and oxygen atoms in total. The second-order valence-electron chi connectivity index (χ2n) is 6.40. The monoisotopic (exact) mass is 303 g/mol. The van der Waals surface area contributed by atoms with Gasteiger partial charge in [0.25, 0.3) is 0 Å². The van der Waals surface area contributed by atoms with Crippen molar-refractivity contribution in [3.8, 4) is 0 Å². The minimum absolute atomic E-state index is 0. The average molecular weight is 303 g/mol. The van der Waals surface area contributed by atoms with Crippen LogP contribution < -0.4 is 51.4 Å². The van der Waals surface area contributed by atoms with Crippen molar-refractivity contribution in [3.63, 3.8) is 0 Å². The molecule has 0 bridgehead atoms. The first kappa shape index (κ1) is 17.8. The van der Waals surface area contributed by atoms with Crippen molar-refractivity contribution in [2.75, 3.05) is 13.1 Å². The molecular formula is C11H18BF3KNO2. The summed E-state index contributed by atoms with van der Waals surface area (Å²) in [5.41, 5.74) is -0.673. The van der Waals surface area contributed by atoms with Crippen molar-refractivity contribution in [2.45, 2.75) is 44.5 Å². The van der Waals surface area contributed by atoms with E-state index >= 15 is 0 Å². The van der Waals surface area contributed by atoms with Crippen molar-refractivity contribution in [1.29, 1.82) is 0 Å². The van der Waals surface area contributed by atoms with E-state index in [1.54, 1.807) is 20.8 Å². The standard InChI is InChI=1S/C11H18BF3NO2.K/c1-10(2,3)18-9(17)16-5-4-8-6-11(8,7-16)12(13,14)15;/h8H,4-7H2,1-3H3;/q-1;+1/t8-,11+;/m1./s1. The number of carbonyl (C=O) groups is 1. The fraction of sp³-hybridized carbons (Fsp3) is 0.909. The third-order valence-corrected chi connectivity index (χ3v) is 3.82. The van der Waals surface area contributed by atoms with Gasteiger partial charge in [0.2, 0.25) is 0 Å². The third kappa shape index (κ3) is 3.70. The van der Waals surface area contributed by atoms with Gasteiger partial charge in [-0.25, -0.2) is 4.79 Å². The van der Waals surface area contributed by atoms with E-state index < -0.39 is 24.0 Å². The molecule has 0 aromatic carbocycles. The van der Waals surface area contributed by atoms with Crippen LogP contribution in [0.3, 0.4) is 0 Å². The van der Waals surface area contributed by atoms with Crippen LogP contribution in [0.15, 0.2) is 0 Å². The van der Waals surface area contributed by atoms with Gasteiger partial charge in [-0.2, -0.15) is 0 Å². The topological polar surface area (TPSA) is 29.5 Å². The van der Waals surface area contributed by atoms with E-state index in [1.165, 1.54) is 4.90 Å². The molecule has 0 spiro atoms. The number of piperidine rings is 1. The third-order valence-electron chi connectivity index (χ3n) is 3.82. The number of amides is 1. The Labute approximate surface area is 154 Å². The summed E-state index contributed by atoms with van der Waals surface area (Å²) in [6.07, 6.45) is -0.0247. The molecule has 2 atom stereocenters. The molecule has 0 aromatic heterocycles. The molecule has 0 N–H and O–H groups in total. The van der Waals surface area contributed by atoms with Gasteiger partial charge in [0, 0.05) is 13.1 Å². The molecule has 1 aliphatic heterocycles. The largest absolute Gasteiger partial charge is 1.00 e. The van der Waals surface area contributed by atoms with Crippen LogP contribution in [0.1, 0.15) is 33.6 Å². The summed E-state index contributed by atoms with van der Waals surface area (Å²) in [6.45, 7) is 0.373. The van der Waals surface area contributed by atoms with E-state index in [9.17, 15) is 17.7 Å². The van der Waals surface area contributed by atoms with Crippen molar-refractivity contribution >= 4 is 13.1 Å². The number of rotatable bonds is 1. The van der Waals surface area contributed by atoms with Gasteiger partial charge in [-0.15, -0.1) is 0 Å². The Hall–Kier alpha value is 0.761. The summed E-state index contributed by atoms with van der Waals surface area (Å²) in [4.78, 5) is 13.0. The smallest absolute Gasteiger partial charge is 0.448 e. The zero-order valence-corrected chi connectivity index (χ0v) is 15.0.